The van der Waals surface area contributed by atoms with Crippen LogP contribution in [0.15, 0.2) is 90.1 Å². The summed E-state index contributed by atoms with van der Waals surface area (Å²) in [4.78, 5) is 16.0. The van der Waals surface area contributed by atoms with E-state index in [2.05, 4.69) is 10.3 Å². The van der Waals surface area contributed by atoms with E-state index in [0.29, 0.717) is 23.9 Å². The van der Waals surface area contributed by atoms with E-state index >= 15 is 0 Å². The zero-order chi connectivity index (χ0) is 24.4. The summed E-state index contributed by atoms with van der Waals surface area (Å²) in [5.41, 5.74) is 2.91. The number of hydrogen-bond donors (Lipinski definition) is 2. The number of nitrogens with zero attached hydrogens (tertiary/aromatic N) is 1. The number of H-pyrrole nitrogens is 1. The van der Waals surface area contributed by atoms with Crippen LogP contribution in [0.4, 0.5) is 4.39 Å². The van der Waals surface area contributed by atoms with Gasteiger partial charge in [0.05, 0.1) is 10.6 Å². The summed E-state index contributed by atoms with van der Waals surface area (Å²) < 4.78 is 42.1. The Hall–Kier alpha value is -3.91. The lowest BCUT2D eigenvalue weighted by Crippen LogP contribution is -2.29. The first kappa shape index (κ1) is 22.9. The third kappa shape index (κ3) is 4.70. The Kier molecular flexibility index (Phi) is 6.13. The summed E-state index contributed by atoms with van der Waals surface area (Å²) in [6, 6.07) is 20.9. The molecule has 0 atom stereocenters. The lowest BCUT2D eigenvalue weighted by molar-refractivity contribution is -0.121. The van der Waals surface area contributed by atoms with Gasteiger partial charge < -0.3 is 14.9 Å². The van der Waals surface area contributed by atoms with Gasteiger partial charge in [0.2, 0.25) is 5.91 Å². The predicted molar refractivity (Wildman–Crippen MR) is 134 cm³/mol. The van der Waals surface area contributed by atoms with E-state index in [-0.39, 0.29) is 22.9 Å². The first-order chi connectivity index (χ1) is 16.9. The minimum absolute atomic E-state index is 0.0242. The molecule has 2 aromatic heterocycles. The standard InChI is InChI=1S/C27H24FN3O3S/c28-23-10-4-1-7-20(23)18-35(33,34)26-16-31(25-12-6-3-9-22(25)26)17-27(32)29-14-13-19-15-30-24-11-5-2-8-21(19)24/h1-12,15-16,30H,13-14,17-18H2,(H,29,32). The van der Waals surface area contributed by atoms with Crippen LogP contribution >= 0.6 is 0 Å². The largest absolute Gasteiger partial charge is 0.361 e. The molecule has 5 rings (SSSR count). The van der Waals surface area contributed by atoms with E-state index in [1.165, 1.54) is 24.4 Å². The van der Waals surface area contributed by atoms with Gasteiger partial charge in [0, 0.05) is 46.3 Å². The number of carbonyl (C=O) groups is 1. The van der Waals surface area contributed by atoms with Crippen molar-refractivity contribution in [2.45, 2.75) is 23.6 Å². The fourth-order valence-electron chi connectivity index (χ4n) is 4.38. The number of fused-ring (bicyclic) bond motifs is 2. The van der Waals surface area contributed by atoms with Crippen LogP contribution in [0.3, 0.4) is 0 Å². The van der Waals surface area contributed by atoms with Crippen molar-refractivity contribution in [3.63, 3.8) is 0 Å². The third-order valence-electron chi connectivity index (χ3n) is 6.10. The van der Waals surface area contributed by atoms with E-state index in [9.17, 15) is 17.6 Å². The average molecular weight is 490 g/mol. The zero-order valence-corrected chi connectivity index (χ0v) is 19.7. The Morgan fingerprint density at radius 1 is 0.914 bits per heavy atom. The van der Waals surface area contributed by atoms with Gasteiger partial charge in [-0.3, -0.25) is 4.79 Å². The molecular formula is C27H24FN3O3S. The van der Waals surface area contributed by atoms with Crippen molar-refractivity contribution >= 4 is 37.6 Å². The molecule has 1 amide bonds. The lowest BCUT2D eigenvalue weighted by atomic mass is 10.1. The van der Waals surface area contributed by atoms with E-state index < -0.39 is 21.4 Å². The number of rotatable bonds is 8. The van der Waals surface area contributed by atoms with Gasteiger partial charge in [-0.25, -0.2) is 12.8 Å². The van der Waals surface area contributed by atoms with Gasteiger partial charge >= 0.3 is 0 Å². The van der Waals surface area contributed by atoms with E-state index in [4.69, 9.17) is 0 Å². The number of benzene rings is 3. The van der Waals surface area contributed by atoms with Gasteiger partial charge in [-0.2, -0.15) is 0 Å². The number of halogens is 1. The number of amides is 1. The van der Waals surface area contributed by atoms with Crippen molar-refractivity contribution in [1.82, 2.24) is 14.9 Å². The molecule has 0 bridgehead atoms. The summed E-state index contributed by atoms with van der Waals surface area (Å²) in [7, 11) is -3.84. The monoisotopic (exact) mass is 489 g/mol. The van der Waals surface area contributed by atoms with Crippen molar-refractivity contribution in [2.75, 3.05) is 6.54 Å². The normalized spacial score (nSPS) is 11.8. The maximum atomic E-state index is 14.1. The van der Waals surface area contributed by atoms with Crippen LogP contribution < -0.4 is 5.32 Å². The molecule has 178 valence electrons. The molecule has 0 saturated carbocycles. The molecule has 0 aliphatic rings. The highest BCUT2D eigenvalue weighted by molar-refractivity contribution is 7.90. The lowest BCUT2D eigenvalue weighted by Gasteiger charge is -2.07. The van der Waals surface area contributed by atoms with Crippen LogP contribution in [0.25, 0.3) is 21.8 Å². The number of aromatic amines is 1. The van der Waals surface area contributed by atoms with Gasteiger partial charge in [-0.15, -0.1) is 0 Å². The molecule has 35 heavy (non-hydrogen) atoms. The van der Waals surface area contributed by atoms with Crippen molar-refractivity contribution in [3.05, 3.63) is 102 Å². The molecule has 0 aliphatic carbocycles. The molecule has 0 spiro atoms. The van der Waals surface area contributed by atoms with Crippen LogP contribution in [0, 0.1) is 5.82 Å². The van der Waals surface area contributed by atoms with Crippen molar-refractivity contribution in [3.8, 4) is 0 Å². The molecule has 2 heterocycles. The van der Waals surface area contributed by atoms with E-state index in [1.54, 1.807) is 34.9 Å². The Morgan fingerprint density at radius 3 is 2.46 bits per heavy atom. The molecular weight excluding hydrogens is 465 g/mol. The number of carbonyl (C=O) groups excluding carboxylic acids is 1. The third-order valence-corrected chi connectivity index (χ3v) is 7.78. The van der Waals surface area contributed by atoms with Gasteiger partial charge in [-0.1, -0.05) is 54.6 Å². The molecule has 0 fully saturated rings. The van der Waals surface area contributed by atoms with Crippen LogP contribution in [0.1, 0.15) is 11.1 Å². The minimum atomic E-state index is -3.84. The molecule has 0 aliphatic heterocycles. The van der Waals surface area contributed by atoms with Crippen LogP contribution in [0.5, 0.6) is 0 Å². The molecule has 0 unspecified atom stereocenters. The Labute approximate surface area is 202 Å². The zero-order valence-electron chi connectivity index (χ0n) is 18.9. The maximum Gasteiger partial charge on any atom is 0.239 e. The van der Waals surface area contributed by atoms with Crippen LogP contribution in [-0.2, 0) is 33.4 Å². The first-order valence-corrected chi connectivity index (χ1v) is 12.9. The molecule has 3 aromatic carbocycles. The summed E-state index contributed by atoms with van der Waals surface area (Å²) >= 11 is 0. The van der Waals surface area contributed by atoms with Crippen molar-refractivity contribution < 1.29 is 17.6 Å². The second-order valence-electron chi connectivity index (χ2n) is 8.45. The second kappa shape index (κ2) is 9.38. The maximum absolute atomic E-state index is 14.1. The van der Waals surface area contributed by atoms with Gasteiger partial charge in [0.15, 0.2) is 9.84 Å². The highest BCUT2D eigenvalue weighted by Crippen LogP contribution is 2.28. The second-order valence-corrected chi connectivity index (χ2v) is 10.4. The molecule has 0 saturated heterocycles. The van der Waals surface area contributed by atoms with Gasteiger partial charge in [-0.05, 0) is 30.2 Å². The Bertz CT molecular complexity index is 1640. The SMILES string of the molecule is O=C(Cn1cc(S(=O)(=O)Cc2ccccc2F)c2ccccc21)NCCc1c[nH]c2ccccc12. The number of hydrogen-bond acceptors (Lipinski definition) is 3. The Balaban J connectivity index is 1.32. The highest BCUT2D eigenvalue weighted by atomic mass is 32.2. The van der Waals surface area contributed by atoms with E-state index in [0.717, 1.165) is 16.5 Å². The number of aromatic nitrogens is 2. The highest BCUT2D eigenvalue weighted by Gasteiger charge is 2.23. The molecule has 0 radical (unpaired) electrons. The van der Waals surface area contributed by atoms with Crippen LogP contribution in [-0.4, -0.2) is 30.4 Å². The fourth-order valence-corrected chi connectivity index (χ4v) is 5.97. The number of para-hydroxylation sites is 2. The summed E-state index contributed by atoms with van der Waals surface area (Å²) in [5.74, 6) is -1.23. The average Bonchev–Trinajstić information content (AvgIpc) is 3.43. The predicted octanol–water partition coefficient (Wildman–Crippen LogP) is 4.59. The molecule has 6 nitrogen and oxygen atoms in total. The topological polar surface area (TPSA) is 84.0 Å². The molecule has 5 aromatic rings. The van der Waals surface area contributed by atoms with E-state index in [1.807, 2.05) is 30.5 Å². The van der Waals surface area contributed by atoms with Crippen molar-refractivity contribution in [1.29, 1.82) is 0 Å². The summed E-state index contributed by atoms with van der Waals surface area (Å²) in [6.45, 7) is 0.432. The first-order valence-electron chi connectivity index (χ1n) is 11.3. The quantitative estimate of drug-likeness (QED) is 0.334. The van der Waals surface area contributed by atoms with Crippen LogP contribution in [0.2, 0.25) is 0 Å². The van der Waals surface area contributed by atoms with Gasteiger partial charge in [0.1, 0.15) is 12.4 Å². The summed E-state index contributed by atoms with van der Waals surface area (Å²) in [6.07, 6.45) is 4.09. The minimum Gasteiger partial charge on any atom is -0.361 e. The fraction of sp³-hybridized carbons (Fsp3) is 0.148. The van der Waals surface area contributed by atoms with Gasteiger partial charge in [0.25, 0.3) is 0 Å². The molecule has 8 heteroatoms. The molecule has 2 N–H and O–H groups in total. The number of sulfone groups is 1. The smallest absolute Gasteiger partial charge is 0.239 e. The van der Waals surface area contributed by atoms with Crippen molar-refractivity contribution in [2.24, 2.45) is 0 Å². The number of nitrogens with one attached hydrogen (secondary N) is 2. The Morgan fingerprint density at radius 2 is 1.63 bits per heavy atom. The summed E-state index contributed by atoms with van der Waals surface area (Å²) in [5, 5.41) is 4.56.